The molecule has 0 N–H and O–H groups in total. The molecular formula is C26H20N2. The van der Waals surface area contributed by atoms with E-state index in [9.17, 15) is 10.5 Å². The molecule has 0 aromatic heterocycles. The van der Waals surface area contributed by atoms with Crippen LogP contribution in [-0.4, -0.2) is 0 Å². The van der Waals surface area contributed by atoms with Gasteiger partial charge in [0.15, 0.2) is 0 Å². The smallest absolute Gasteiger partial charge is 0.0969 e. The third-order valence-corrected chi connectivity index (χ3v) is 5.40. The fourth-order valence-electron chi connectivity index (χ4n) is 3.90. The van der Waals surface area contributed by atoms with Gasteiger partial charge in [-0.15, -0.1) is 0 Å². The standard InChI is InChI=1S/C26H20N2/c1-17-3-6-19(7-4-17)8-9-20-10-12-22-24(14-20)26(16-28)23-13-18(2)5-11-21(23)25(22)15-27/h3-14,25-26H,1-2H3. The van der Waals surface area contributed by atoms with Crippen LogP contribution in [0.2, 0.25) is 0 Å². The maximum absolute atomic E-state index is 9.91. The zero-order valence-corrected chi connectivity index (χ0v) is 16.0. The summed E-state index contributed by atoms with van der Waals surface area (Å²) in [4.78, 5) is 0. The molecule has 0 fully saturated rings. The summed E-state index contributed by atoms with van der Waals surface area (Å²) in [6.45, 7) is 4.09. The second kappa shape index (κ2) is 7.18. The molecule has 0 heterocycles. The zero-order valence-electron chi connectivity index (χ0n) is 16.0. The van der Waals surface area contributed by atoms with Gasteiger partial charge in [0.05, 0.1) is 24.0 Å². The summed E-state index contributed by atoms with van der Waals surface area (Å²) in [6.07, 6.45) is 4.14. The van der Waals surface area contributed by atoms with Crippen molar-refractivity contribution < 1.29 is 0 Å². The van der Waals surface area contributed by atoms with Crippen molar-refractivity contribution in [3.05, 3.63) is 105 Å². The lowest BCUT2D eigenvalue weighted by Gasteiger charge is -2.28. The highest BCUT2D eigenvalue weighted by Crippen LogP contribution is 2.43. The second-order valence-corrected chi connectivity index (χ2v) is 7.39. The van der Waals surface area contributed by atoms with Crippen molar-refractivity contribution in [3.8, 4) is 12.1 Å². The number of benzene rings is 3. The maximum atomic E-state index is 9.91. The van der Waals surface area contributed by atoms with Gasteiger partial charge in [0.2, 0.25) is 0 Å². The normalized spacial score (nSPS) is 17.4. The molecule has 134 valence electrons. The molecule has 0 radical (unpaired) electrons. The van der Waals surface area contributed by atoms with Crippen molar-refractivity contribution in [2.75, 3.05) is 0 Å². The third kappa shape index (κ3) is 3.11. The van der Waals surface area contributed by atoms with Crippen molar-refractivity contribution in [3.63, 3.8) is 0 Å². The Morgan fingerprint density at radius 3 is 1.79 bits per heavy atom. The molecule has 0 saturated carbocycles. The van der Waals surface area contributed by atoms with Crippen LogP contribution in [0.5, 0.6) is 0 Å². The van der Waals surface area contributed by atoms with E-state index in [0.717, 1.165) is 38.9 Å². The highest BCUT2D eigenvalue weighted by Gasteiger charge is 2.32. The number of aryl methyl sites for hydroxylation is 2. The van der Waals surface area contributed by atoms with Crippen LogP contribution < -0.4 is 0 Å². The van der Waals surface area contributed by atoms with Crippen LogP contribution in [0.3, 0.4) is 0 Å². The van der Waals surface area contributed by atoms with Gasteiger partial charge >= 0.3 is 0 Å². The fourth-order valence-corrected chi connectivity index (χ4v) is 3.90. The second-order valence-electron chi connectivity index (χ2n) is 7.39. The van der Waals surface area contributed by atoms with E-state index in [-0.39, 0.29) is 11.8 Å². The summed E-state index contributed by atoms with van der Waals surface area (Å²) >= 11 is 0. The van der Waals surface area contributed by atoms with E-state index in [2.05, 4.69) is 61.5 Å². The van der Waals surface area contributed by atoms with Crippen molar-refractivity contribution >= 4 is 12.2 Å². The quantitative estimate of drug-likeness (QED) is 0.519. The number of hydrogen-bond acceptors (Lipinski definition) is 2. The van der Waals surface area contributed by atoms with Crippen LogP contribution >= 0.6 is 0 Å². The molecule has 0 bridgehead atoms. The summed E-state index contributed by atoms with van der Waals surface area (Å²) in [7, 11) is 0. The molecule has 3 aromatic carbocycles. The lowest BCUT2D eigenvalue weighted by atomic mass is 9.72. The van der Waals surface area contributed by atoms with Gasteiger partial charge in [0.25, 0.3) is 0 Å². The molecule has 2 unspecified atom stereocenters. The molecule has 1 aliphatic carbocycles. The predicted octanol–water partition coefficient (Wildman–Crippen LogP) is 6.10. The van der Waals surface area contributed by atoms with E-state index >= 15 is 0 Å². The SMILES string of the molecule is Cc1ccc(C=Cc2ccc3c(c2)C(C#N)c2cc(C)ccc2C3C#N)cc1. The summed E-state index contributed by atoms with van der Waals surface area (Å²) in [5.41, 5.74) is 8.31. The van der Waals surface area contributed by atoms with Gasteiger partial charge in [-0.25, -0.2) is 0 Å². The predicted molar refractivity (Wildman–Crippen MR) is 113 cm³/mol. The summed E-state index contributed by atoms with van der Waals surface area (Å²) in [5, 5.41) is 19.7. The van der Waals surface area contributed by atoms with Crippen molar-refractivity contribution in [2.24, 2.45) is 0 Å². The first-order valence-electron chi connectivity index (χ1n) is 9.39. The van der Waals surface area contributed by atoms with E-state index in [1.54, 1.807) is 0 Å². The van der Waals surface area contributed by atoms with Crippen LogP contribution in [0.1, 0.15) is 56.3 Å². The lowest BCUT2D eigenvalue weighted by Crippen LogP contribution is -2.17. The highest BCUT2D eigenvalue weighted by atomic mass is 14.4. The summed E-state index contributed by atoms with van der Waals surface area (Å²) < 4.78 is 0. The first-order valence-corrected chi connectivity index (χ1v) is 9.39. The monoisotopic (exact) mass is 360 g/mol. The van der Waals surface area contributed by atoms with Crippen molar-refractivity contribution in [1.82, 2.24) is 0 Å². The van der Waals surface area contributed by atoms with Crippen LogP contribution in [0.15, 0.2) is 60.7 Å². The van der Waals surface area contributed by atoms with Gasteiger partial charge < -0.3 is 0 Å². The minimum atomic E-state index is -0.345. The van der Waals surface area contributed by atoms with Crippen LogP contribution in [0.4, 0.5) is 0 Å². The maximum Gasteiger partial charge on any atom is 0.0969 e. The van der Waals surface area contributed by atoms with Gasteiger partial charge in [0, 0.05) is 0 Å². The van der Waals surface area contributed by atoms with Gasteiger partial charge in [-0.2, -0.15) is 10.5 Å². The molecule has 3 aromatic rings. The fraction of sp³-hybridized carbons (Fsp3) is 0.154. The van der Waals surface area contributed by atoms with E-state index < -0.39 is 0 Å². The lowest BCUT2D eigenvalue weighted by molar-refractivity contribution is 0.868. The Morgan fingerprint density at radius 1 is 0.607 bits per heavy atom. The molecule has 0 spiro atoms. The van der Waals surface area contributed by atoms with E-state index in [4.69, 9.17) is 0 Å². The Kier molecular flexibility index (Phi) is 4.56. The van der Waals surface area contributed by atoms with Gasteiger partial charge in [-0.05, 0) is 53.3 Å². The number of fused-ring (bicyclic) bond motifs is 2. The average molecular weight is 360 g/mol. The average Bonchev–Trinajstić information content (AvgIpc) is 2.71. The molecule has 2 nitrogen and oxygen atoms in total. The topological polar surface area (TPSA) is 47.6 Å². The molecule has 1 aliphatic rings. The summed E-state index contributed by atoms with van der Waals surface area (Å²) in [6, 6.07) is 25.4. The molecule has 0 aliphatic heterocycles. The minimum absolute atomic E-state index is 0.328. The van der Waals surface area contributed by atoms with Gasteiger partial charge in [-0.1, -0.05) is 77.9 Å². The van der Waals surface area contributed by atoms with Gasteiger partial charge in [0.1, 0.15) is 0 Å². The van der Waals surface area contributed by atoms with E-state index in [0.29, 0.717) is 0 Å². The first-order chi connectivity index (χ1) is 13.6. The minimum Gasteiger partial charge on any atom is -0.197 e. The molecule has 2 heteroatoms. The van der Waals surface area contributed by atoms with Gasteiger partial charge in [-0.3, -0.25) is 0 Å². The molecule has 2 atom stereocenters. The number of nitriles is 2. The highest BCUT2D eigenvalue weighted by molar-refractivity contribution is 5.71. The largest absolute Gasteiger partial charge is 0.197 e. The number of rotatable bonds is 2. The molecule has 28 heavy (non-hydrogen) atoms. The Labute approximate surface area is 166 Å². The van der Waals surface area contributed by atoms with E-state index in [1.807, 2.05) is 37.3 Å². The summed E-state index contributed by atoms with van der Waals surface area (Å²) in [5.74, 6) is -0.674. The van der Waals surface area contributed by atoms with Crippen LogP contribution in [-0.2, 0) is 0 Å². The molecule has 0 saturated heterocycles. The van der Waals surface area contributed by atoms with Crippen molar-refractivity contribution in [1.29, 1.82) is 10.5 Å². The Hall–Kier alpha value is -3.62. The van der Waals surface area contributed by atoms with Crippen LogP contribution in [0.25, 0.3) is 12.2 Å². The Morgan fingerprint density at radius 2 is 1.11 bits per heavy atom. The van der Waals surface area contributed by atoms with Crippen LogP contribution in [0, 0.1) is 36.5 Å². The molecule has 0 amide bonds. The van der Waals surface area contributed by atoms with E-state index in [1.165, 1.54) is 5.56 Å². The van der Waals surface area contributed by atoms with Crippen molar-refractivity contribution in [2.45, 2.75) is 25.7 Å². The Bertz CT molecular complexity index is 1150. The zero-order chi connectivity index (χ0) is 19.7. The number of hydrogen-bond donors (Lipinski definition) is 0. The molecular weight excluding hydrogens is 340 g/mol. The first kappa shape index (κ1) is 17.8. The Balaban J connectivity index is 1.78. The number of nitrogens with zero attached hydrogens (tertiary/aromatic N) is 2. The third-order valence-electron chi connectivity index (χ3n) is 5.40. The molecule has 4 rings (SSSR count).